The highest BCUT2D eigenvalue weighted by Crippen LogP contribution is 2.20. The Morgan fingerprint density at radius 2 is 2.24 bits per heavy atom. The van der Waals surface area contributed by atoms with E-state index in [1.54, 1.807) is 0 Å². The summed E-state index contributed by atoms with van der Waals surface area (Å²) >= 11 is 0. The van der Waals surface area contributed by atoms with Gasteiger partial charge in [-0.05, 0) is 38.3 Å². The highest BCUT2D eigenvalue weighted by Gasteiger charge is 2.24. The van der Waals surface area contributed by atoms with Crippen LogP contribution in [0.4, 0.5) is 0 Å². The maximum atomic E-state index is 5.95. The van der Waals surface area contributed by atoms with Gasteiger partial charge >= 0.3 is 0 Å². The first-order valence-corrected chi connectivity index (χ1v) is 6.18. The Hall–Kier alpha value is -0.570. The topological polar surface area (TPSA) is 29.3 Å². The van der Waals surface area contributed by atoms with Crippen LogP contribution < -0.4 is 5.73 Å². The van der Waals surface area contributed by atoms with Crippen LogP contribution in [0.1, 0.15) is 24.5 Å². The molecule has 0 spiro atoms. The predicted molar refractivity (Wildman–Crippen MR) is 75.5 cm³/mol. The van der Waals surface area contributed by atoms with Gasteiger partial charge in [0.25, 0.3) is 0 Å². The molecule has 1 aromatic carbocycles. The average molecular weight is 255 g/mol. The first-order chi connectivity index (χ1) is 7.65. The molecule has 0 radical (unpaired) electrons. The van der Waals surface area contributed by atoms with Gasteiger partial charge in [-0.2, -0.15) is 0 Å². The Balaban J connectivity index is 0.00000144. The average Bonchev–Trinajstić information content (AvgIpc) is 2.66. The molecule has 1 aromatic rings. The Morgan fingerprint density at radius 1 is 1.47 bits per heavy atom. The summed E-state index contributed by atoms with van der Waals surface area (Å²) in [5.74, 6) is 0.685. The fourth-order valence-electron chi connectivity index (χ4n) is 2.50. The fraction of sp³-hybridized carbons (Fsp3) is 0.571. The van der Waals surface area contributed by atoms with E-state index in [4.69, 9.17) is 5.73 Å². The smallest absolute Gasteiger partial charge is 0.0233 e. The molecule has 3 heteroatoms. The summed E-state index contributed by atoms with van der Waals surface area (Å²) in [7, 11) is 0. The van der Waals surface area contributed by atoms with Gasteiger partial charge in [0.05, 0.1) is 0 Å². The summed E-state index contributed by atoms with van der Waals surface area (Å²) in [4.78, 5) is 2.52. The summed E-state index contributed by atoms with van der Waals surface area (Å²) in [5.41, 5.74) is 8.72. The maximum absolute atomic E-state index is 5.95. The fourth-order valence-corrected chi connectivity index (χ4v) is 2.50. The summed E-state index contributed by atoms with van der Waals surface area (Å²) in [5, 5.41) is 0. The summed E-state index contributed by atoms with van der Waals surface area (Å²) in [6.07, 6.45) is 1.25. The number of halogens is 1. The van der Waals surface area contributed by atoms with Gasteiger partial charge in [0, 0.05) is 19.1 Å². The second kappa shape index (κ2) is 6.39. The van der Waals surface area contributed by atoms with Crippen molar-refractivity contribution in [2.75, 3.05) is 13.1 Å². The predicted octanol–water partition coefficient (Wildman–Crippen LogP) is 2.59. The molecule has 17 heavy (non-hydrogen) atoms. The van der Waals surface area contributed by atoms with Crippen molar-refractivity contribution in [2.45, 2.75) is 32.9 Å². The Kier molecular flexibility index (Phi) is 5.44. The van der Waals surface area contributed by atoms with Crippen molar-refractivity contribution < 1.29 is 0 Å². The van der Waals surface area contributed by atoms with Gasteiger partial charge in [0.1, 0.15) is 0 Å². The van der Waals surface area contributed by atoms with E-state index in [1.165, 1.54) is 24.1 Å². The van der Waals surface area contributed by atoms with Crippen LogP contribution >= 0.6 is 12.4 Å². The third kappa shape index (κ3) is 3.98. The van der Waals surface area contributed by atoms with Gasteiger partial charge < -0.3 is 5.73 Å². The molecule has 0 aromatic heterocycles. The van der Waals surface area contributed by atoms with Crippen LogP contribution in [0.5, 0.6) is 0 Å². The molecule has 1 heterocycles. The lowest BCUT2D eigenvalue weighted by molar-refractivity contribution is 0.308. The van der Waals surface area contributed by atoms with Gasteiger partial charge in [0.15, 0.2) is 0 Å². The lowest BCUT2D eigenvalue weighted by Gasteiger charge is -2.18. The Morgan fingerprint density at radius 3 is 2.82 bits per heavy atom. The zero-order chi connectivity index (χ0) is 11.5. The van der Waals surface area contributed by atoms with Crippen molar-refractivity contribution in [3.63, 3.8) is 0 Å². The lowest BCUT2D eigenvalue weighted by atomic mass is 10.0. The van der Waals surface area contributed by atoms with Gasteiger partial charge in [0.2, 0.25) is 0 Å². The minimum absolute atomic E-state index is 0. The molecule has 1 fully saturated rings. The van der Waals surface area contributed by atoms with E-state index < -0.39 is 0 Å². The van der Waals surface area contributed by atoms with Crippen LogP contribution in [0.15, 0.2) is 24.3 Å². The molecule has 2 N–H and O–H groups in total. The molecule has 2 nitrogen and oxygen atoms in total. The van der Waals surface area contributed by atoms with E-state index in [2.05, 4.69) is 43.0 Å². The number of nitrogens with zero attached hydrogens (tertiary/aromatic N) is 1. The number of hydrogen-bond donors (Lipinski definition) is 1. The van der Waals surface area contributed by atoms with E-state index >= 15 is 0 Å². The first-order valence-electron chi connectivity index (χ1n) is 6.18. The summed E-state index contributed by atoms with van der Waals surface area (Å²) in [6.45, 7) is 7.70. The van der Waals surface area contributed by atoms with E-state index in [0.29, 0.717) is 12.0 Å². The SMILES string of the molecule is Cc1cccc(CN2CCC(C(C)N)C2)c1.Cl. The van der Waals surface area contributed by atoms with Gasteiger partial charge in [-0.25, -0.2) is 0 Å². The Labute approximate surface area is 111 Å². The largest absolute Gasteiger partial charge is 0.328 e. The number of hydrogen-bond acceptors (Lipinski definition) is 2. The van der Waals surface area contributed by atoms with Crippen molar-refractivity contribution in [1.29, 1.82) is 0 Å². The van der Waals surface area contributed by atoms with Crippen molar-refractivity contribution in [3.8, 4) is 0 Å². The second-order valence-corrected chi connectivity index (χ2v) is 5.13. The molecule has 0 amide bonds. The van der Waals surface area contributed by atoms with Gasteiger partial charge in [-0.15, -0.1) is 12.4 Å². The molecule has 1 saturated heterocycles. The summed E-state index contributed by atoms with van der Waals surface area (Å²) < 4.78 is 0. The maximum Gasteiger partial charge on any atom is 0.0233 e. The molecule has 1 aliphatic rings. The molecule has 1 aliphatic heterocycles. The zero-order valence-corrected chi connectivity index (χ0v) is 11.5. The molecule has 2 rings (SSSR count). The number of nitrogens with two attached hydrogens (primary N) is 1. The highest BCUT2D eigenvalue weighted by molar-refractivity contribution is 5.85. The normalized spacial score (nSPS) is 22.2. The lowest BCUT2D eigenvalue weighted by Crippen LogP contribution is -2.29. The number of benzene rings is 1. The molecule has 0 bridgehead atoms. The molecule has 96 valence electrons. The van der Waals surface area contributed by atoms with Crippen LogP contribution in [-0.2, 0) is 6.54 Å². The van der Waals surface area contributed by atoms with Crippen LogP contribution in [0, 0.1) is 12.8 Å². The van der Waals surface area contributed by atoms with Crippen LogP contribution in [0.25, 0.3) is 0 Å². The van der Waals surface area contributed by atoms with Crippen molar-refractivity contribution in [3.05, 3.63) is 35.4 Å². The zero-order valence-electron chi connectivity index (χ0n) is 10.7. The molecular weight excluding hydrogens is 232 g/mol. The van der Waals surface area contributed by atoms with Crippen molar-refractivity contribution in [2.24, 2.45) is 11.7 Å². The highest BCUT2D eigenvalue weighted by atomic mass is 35.5. The molecule has 0 aliphatic carbocycles. The van der Waals surface area contributed by atoms with Gasteiger partial charge in [-0.1, -0.05) is 29.8 Å². The second-order valence-electron chi connectivity index (χ2n) is 5.13. The standard InChI is InChI=1S/C14H22N2.ClH/c1-11-4-3-5-13(8-11)9-16-7-6-14(10-16)12(2)15;/h3-5,8,12,14H,6-7,9-10,15H2,1-2H3;1H. The van der Waals surface area contributed by atoms with Crippen LogP contribution in [-0.4, -0.2) is 24.0 Å². The molecular formula is C14H23ClN2. The molecule has 2 unspecified atom stereocenters. The van der Waals surface area contributed by atoms with E-state index in [9.17, 15) is 0 Å². The van der Waals surface area contributed by atoms with E-state index in [-0.39, 0.29) is 12.4 Å². The summed E-state index contributed by atoms with van der Waals surface area (Å²) in [6, 6.07) is 9.12. The van der Waals surface area contributed by atoms with Crippen molar-refractivity contribution in [1.82, 2.24) is 4.90 Å². The van der Waals surface area contributed by atoms with E-state index in [1.807, 2.05) is 0 Å². The third-order valence-electron chi connectivity index (χ3n) is 3.54. The molecule has 0 saturated carbocycles. The van der Waals surface area contributed by atoms with Gasteiger partial charge in [-0.3, -0.25) is 4.90 Å². The van der Waals surface area contributed by atoms with Crippen molar-refractivity contribution >= 4 is 12.4 Å². The quantitative estimate of drug-likeness (QED) is 0.899. The van der Waals surface area contributed by atoms with E-state index in [0.717, 1.165) is 13.1 Å². The van der Waals surface area contributed by atoms with Crippen LogP contribution in [0.2, 0.25) is 0 Å². The first kappa shape index (κ1) is 14.5. The minimum atomic E-state index is 0. The molecule has 2 atom stereocenters. The number of rotatable bonds is 3. The monoisotopic (exact) mass is 254 g/mol. The number of aryl methyl sites for hydroxylation is 1. The Bertz CT molecular complexity index is 352. The van der Waals surface area contributed by atoms with Crippen LogP contribution in [0.3, 0.4) is 0 Å². The third-order valence-corrected chi connectivity index (χ3v) is 3.54. The minimum Gasteiger partial charge on any atom is -0.328 e. The number of likely N-dealkylation sites (tertiary alicyclic amines) is 1.